The number of para-hydroxylation sites is 1. The molecule has 2 amide bonds. The van der Waals surface area contributed by atoms with Crippen molar-refractivity contribution in [3.05, 3.63) is 53.7 Å². The van der Waals surface area contributed by atoms with Crippen molar-refractivity contribution in [2.45, 2.75) is 44.9 Å². The number of urea groups is 1. The summed E-state index contributed by atoms with van der Waals surface area (Å²) in [4.78, 5) is 21.5. The van der Waals surface area contributed by atoms with E-state index < -0.39 is 0 Å². The normalized spacial score (nSPS) is 18.5. The molecular weight excluding hydrogens is 380 g/mol. The van der Waals surface area contributed by atoms with Crippen molar-refractivity contribution in [2.75, 3.05) is 31.1 Å². The highest BCUT2D eigenvalue weighted by Gasteiger charge is 2.23. The summed E-state index contributed by atoms with van der Waals surface area (Å²) in [7, 11) is 0. The average Bonchev–Trinajstić information content (AvgIpc) is 3.48. The van der Waals surface area contributed by atoms with Gasteiger partial charge >= 0.3 is 6.03 Å². The fourth-order valence-corrected chi connectivity index (χ4v) is 4.05. The highest BCUT2D eigenvalue weighted by Crippen LogP contribution is 2.21. The first kappa shape index (κ1) is 20.5. The Hall–Kier alpha value is -2.80. The molecule has 2 aliphatic heterocycles. The van der Waals surface area contributed by atoms with Gasteiger partial charge < -0.3 is 25.0 Å². The molecule has 2 aromatic rings. The van der Waals surface area contributed by atoms with Crippen LogP contribution in [0.2, 0.25) is 0 Å². The standard InChI is InChI=1S/C23H30N4O3/c28-21-8-2-1-6-19(21)16-27(17-20-7-5-13-30-20)23(29)25-15-18-9-10-22(24-14-18)26-11-3-4-12-26/h1-2,6,8-10,14,20,28H,3-5,7,11-13,15-17H2,(H,25,29). The van der Waals surface area contributed by atoms with E-state index in [2.05, 4.69) is 15.2 Å². The van der Waals surface area contributed by atoms with Crippen molar-refractivity contribution in [1.29, 1.82) is 0 Å². The van der Waals surface area contributed by atoms with Gasteiger partial charge in [0.15, 0.2) is 0 Å². The van der Waals surface area contributed by atoms with E-state index in [1.54, 1.807) is 17.0 Å². The van der Waals surface area contributed by atoms with Gasteiger partial charge in [0, 0.05) is 44.5 Å². The molecule has 2 saturated heterocycles. The van der Waals surface area contributed by atoms with Crippen LogP contribution in [-0.2, 0) is 17.8 Å². The summed E-state index contributed by atoms with van der Waals surface area (Å²) in [5.74, 6) is 1.20. The van der Waals surface area contributed by atoms with Crippen LogP contribution in [0.1, 0.15) is 36.8 Å². The number of carbonyl (C=O) groups is 1. The number of amides is 2. The number of carbonyl (C=O) groups excluding carboxylic acids is 1. The van der Waals surface area contributed by atoms with Crippen LogP contribution in [0.5, 0.6) is 5.75 Å². The predicted molar refractivity (Wildman–Crippen MR) is 115 cm³/mol. The number of nitrogens with zero attached hydrogens (tertiary/aromatic N) is 3. The van der Waals surface area contributed by atoms with Gasteiger partial charge in [-0.05, 0) is 43.4 Å². The highest BCUT2D eigenvalue weighted by atomic mass is 16.5. The Bertz CT molecular complexity index is 831. The number of hydrogen-bond donors (Lipinski definition) is 2. The molecule has 0 saturated carbocycles. The molecule has 7 nitrogen and oxygen atoms in total. The lowest BCUT2D eigenvalue weighted by molar-refractivity contribution is 0.0792. The Morgan fingerprint density at radius 3 is 2.73 bits per heavy atom. The van der Waals surface area contributed by atoms with Crippen molar-refractivity contribution >= 4 is 11.8 Å². The number of phenolic OH excluding ortho intramolecular Hbond substituents is 1. The Morgan fingerprint density at radius 2 is 2.03 bits per heavy atom. The summed E-state index contributed by atoms with van der Waals surface area (Å²) in [6.07, 6.45) is 6.29. The van der Waals surface area contributed by atoms with Gasteiger partial charge in [0.25, 0.3) is 0 Å². The van der Waals surface area contributed by atoms with Crippen LogP contribution in [0.4, 0.5) is 10.6 Å². The monoisotopic (exact) mass is 410 g/mol. The molecule has 0 bridgehead atoms. The Kier molecular flexibility index (Phi) is 6.69. The molecule has 2 aliphatic rings. The van der Waals surface area contributed by atoms with E-state index in [1.165, 1.54) is 12.8 Å². The predicted octanol–water partition coefficient (Wildman–Crippen LogP) is 3.28. The molecule has 0 aliphatic carbocycles. The summed E-state index contributed by atoms with van der Waals surface area (Å²) in [6.45, 7) is 4.12. The van der Waals surface area contributed by atoms with Crippen molar-refractivity contribution in [2.24, 2.45) is 0 Å². The van der Waals surface area contributed by atoms with Crippen LogP contribution >= 0.6 is 0 Å². The second kappa shape index (κ2) is 9.80. The van der Waals surface area contributed by atoms with Crippen LogP contribution in [0.3, 0.4) is 0 Å². The lowest BCUT2D eigenvalue weighted by atomic mass is 10.1. The van der Waals surface area contributed by atoms with Gasteiger partial charge in [-0.1, -0.05) is 24.3 Å². The minimum atomic E-state index is -0.169. The molecule has 30 heavy (non-hydrogen) atoms. The molecule has 3 heterocycles. The summed E-state index contributed by atoms with van der Waals surface area (Å²) >= 11 is 0. The van der Waals surface area contributed by atoms with Crippen LogP contribution in [-0.4, -0.2) is 53.4 Å². The molecule has 4 rings (SSSR count). The van der Waals surface area contributed by atoms with E-state index in [9.17, 15) is 9.90 Å². The van der Waals surface area contributed by atoms with Crippen molar-refractivity contribution in [3.63, 3.8) is 0 Å². The molecule has 160 valence electrons. The maximum absolute atomic E-state index is 12.9. The zero-order valence-electron chi connectivity index (χ0n) is 17.3. The second-order valence-corrected chi connectivity index (χ2v) is 8.02. The zero-order valence-corrected chi connectivity index (χ0v) is 17.3. The number of hydrogen-bond acceptors (Lipinski definition) is 5. The van der Waals surface area contributed by atoms with E-state index >= 15 is 0 Å². The largest absolute Gasteiger partial charge is 0.508 e. The number of anilines is 1. The first-order valence-corrected chi connectivity index (χ1v) is 10.8. The maximum atomic E-state index is 12.9. The number of aromatic hydroxyl groups is 1. The van der Waals surface area contributed by atoms with Crippen molar-refractivity contribution in [1.82, 2.24) is 15.2 Å². The van der Waals surface area contributed by atoms with Gasteiger partial charge in [-0.25, -0.2) is 9.78 Å². The lowest BCUT2D eigenvalue weighted by Gasteiger charge is -2.26. The van der Waals surface area contributed by atoms with Gasteiger partial charge in [0.1, 0.15) is 11.6 Å². The quantitative estimate of drug-likeness (QED) is 0.733. The third-order valence-electron chi connectivity index (χ3n) is 5.77. The summed E-state index contributed by atoms with van der Waals surface area (Å²) in [5, 5.41) is 13.1. The van der Waals surface area contributed by atoms with Crippen LogP contribution < -0.4 is 10.2 Å². The molecule has 1 aromatic heterocycles. The molecule has 1 aromatic carbocycles. The number of benzene rings is 1. The minimum absolute atomic E-state index is 0.0445. The number of phenols is 1. The van der Waals surface area contributed by atoms with Gasteiger partial charge in [-0.2, -0.15) is 0 Å². The molecule has 0 spiro atoms. The number of aromatic nitrogens is 1. The van der Waals surface area contributed by atoms with Crippen LogP contribution in [0, 0.1) is 0 Å². The van der Waals surface area contributed by atoms with Gasteiger partial charge in [0.05, 0.1) is 12.6 Å². The number of ether oxygens (including phenoxy) is 1. The number of pyridine rings is 1. The van der Waals surface area contributed by atoms with Gasteiger partial charge in [-0.3, -0.25) is 0 Å². The average molecular weight is 411 g/mol. The van der Waals surface area contributed by atoms with E-state index in [0.29, 0.717) is 19.6 Å². The fraction of sp³-hybridized carbons (Fsp3) is 0.478. The van der Waals surface area contributed by atoms with Crippen LogP contribution in [0.25, 0.3) is 0 Å². The minimum Gasteiger partial charge on any atom is -0.508 e. The molecule has 2 fully saturated rings. The third-order valence-corrected chi connectivity index (χ3v) is 5.77. The number of nitrogens with one attached hydrogen (secondary N) is 1. The van der Waals surface area contributed by atoms with E-state index in [4.69, 9.17) is 4.74 Å². The molecule has 2 N–H and O–H groups in total. The molecular formula is C23H30N4O3. The van der Waals surface area contributed by atoms with E-state index in [0.717, 1.165) is 49.5 Å². The lowest BCUT2D eigenvalue weighted by Crippen LogP contribution is -2.43. The maximum Gasteiger partial charge on any atom is 0.318 e. The Balaban J connectivity index is 1.37. The van der Waals surface area contributed by atoms with E-state index in [-0.39, 0.29) is 17.9 Å². The smallest absolute Gasteiger partial charge is 0.318 e. The third kappa shape index (κ3) is 5.21. The van der Waals surface area contributed by atoms with E-state index in [1.807, 2.05) is 30.5 Å². The molecule has 0 radical (unpaired) electrons. The first-order valence-electron chi connectivity index (χ1n) is 10.8. The fourth-order valence-electron chi connectivity index (χ4n) is 4.05. The van der Waals surface area contributed by atoms with Gasteiger partial charge in [-0.15, -0.1) is 0 Å². The summed E-state index contributed by atoms with van der Waals surface area (Å²) in [6, 6.07) is 11.0. The molecule has 1 atom stereocenters. The van der Waals surface area contributed by atoms with Crippen LogP contribution in [0.15, 0.2) is 42.6 Å². The zero-order chi connectivity index (χ0) is 20.8. The van der Waals surface area contributed by atoms with Crippen molar-refractivity contribution < 1.29 is 14.6 Å². The molecule has 1 unspecified atom stereocenters. The molecule has 7 heteroatoms. The Labute approximate surface area is 177 Å². The number of rotatable bonds is 7. The summed E-state index contributed by atoms with van der Waals surface area (Å²) in [5.41, 5.74) is 1.69. The van der Waals surface area contributed by atoms with Crippen molar-refractivity contribution in [3.8, 4) is 5.75 Å². The topological polar surface area (TPSA) is 77.9 Å². The Morgan fingerprint density at radius 1 is 1.20 bits per heavy atom. The second-order valence-electron chi connectivity index (χ2n) is 8.02. The summed E-state index contributed by atoms with van der Waals surface area (Å²) < 4.78 is 5.73. The highest BCUT2D eigenvalue weighted by molar-refractivity contribution is 5.74. The first-order chi connectivity index (χ1) is 14.7. The SMILES string of the molecule is O=C(NCc1ccc(N2CCCC2)nc1)N(Cc1ccccc1O)CC1CCCO1. The van der Waals surface area contributed by atoms with Gasteiger partial charge in [0.2, 0.25) is 0 Å².